The molecule has 2 aliphatic rings. The van der Waals surface area contributed by atoms with Crippen LogP contribution in [0.5, 0.6) is 0 Å². The van der Waals surface area contributed by atoms with E-state index in [1.165, 1.54) is 11.1 Å². The number of benzene rings is 1. The third kappa shape index (κ3) is 4.63. The number of rotatable bonds is 4. The molecule has 2 aromatic rings. The molecule has 1 saturated heterocycles. The summed E-state index contributed by atoms with van der Waals surface area (Å²) in [5, 5.41) is 14.2. The van der Waals surface area contributed by atoms with E-state index in [1.54, 1.807) is 6.08 Å². The first-order valence-electron chi connectivity index (χ1n) is 10.2. The number of anilines is 1. The normalized spacial score (nSPS) is 19.6. The van der Waals surface area contributed by atoms with Gasteiger partial charge in [0.1, 0.15) is 5.82 Å². The zero-order valence-corrected chi connectivity index (χ0v) is 18.0. The molecule has 0 aliphatic carbocycles. The summed E-state index contributed by atoms with van der Waals surface area (Å²) in [5.41, 5.74) is 9.72. The first-order valence-corrected chi connectivity index (χ1v) is 10.6. The predicted octanol–water partition coefficient (Wildman–Crippen LogP) is 3.93. The van der Waals surface area contributed by atoms with Gasteiger partial charge in [0.2, 0.25) is 0 Å². The minimum absolute atomic E-state index is 0.610. The summed E-state index contributed by atoms with van der Waals surface area (Å²) in [7, 11) is 0. The van der Waals surface area contributed by atoms with Crippen molar-refractivity contribution in [3.05, 3.63) is 82.4 Å². The van der Waals surface area contributed by atoms with Crippen molar-refractivity contribution in [2.24, 2.45) is 0 Å². The number of piperazine rings is 1. The van der Waals surface area contributed by atoms with E-state index in [0.717, 1.165) is 55.8 Å². The van der Waals surface area contributed by atoms with E-state index in [-0.39, 0.29) is 0 Å². The molecule has 4 rings (SSSR count). The standard InChI is InChI=1S/C24H27ClN4O/c1-3-4-5-22-18(2)29-17-20(14-23(29)26-24(22)30)16-28-12-10-27(11-13-28)15-19-6-8-21(25)9-7-19/h3,6-9,14,17,24,26,30H,2,10-13,15-16H2,1H3/t24-/m0/s1. The van der Waals surface area contributed by atoms with Crippen LogP contribution in [0.1, 0.15) is 18.1 Å². The molecule has 1 atom stereocenters. The van der Waals surface area contributed by atoms with Crippen molar-refractivity contribution in [3.63, 3.8) is 0 Å². The highest BCUT2D eigenvalue weighted by atomic mass is 35.5. The van der Waals surface area contributed by atoms with Crippen molar-refractivity contribution in [1.82, 2.24) is 14.4 Å². The molecule has 0 amide bonds. The van der Waals surface area contributed by atoms with Crippen LogP contribution in [-0.4, -0.2) is 51.9 Å². The smallest absolute Gasteiger partial charge is 0.161 e. The highest BCUT2D eigenvalue weighted by Gasteiger charge is 2.25. The first-order chi connectivity index (χ1) is 14.5. The number of hydrogen-bond donors (Lipinski definition) is 2. The Bertz CT molecular complexity index is 1020. The quantitative estimate of drug-likeness (QED) is 0.733. The molecule has 0 radical (unpaired) electrons. The molecule has 30 heavy (non-hydrogen) atoms. The van der Waals surface area contributed by atoms with Gasteiger partial charge >= 0.3 is 0 Å². The Morgan fingerprint density at radius 2 is 1.77 bits per heavy atom. The number of fused-ring (bicyclic) bond motifs is 1. The average Bonchev–Trinajstić information content (AvgIpc) is 3.13. The fraction of sp³-hybridized carbons (Fsp3) is 0.333. The molecule has 1 aromatic heterocycles. The second-order valence-electron chi connectivity index (χ2n) is 7.75. The van der Waals surface area contributed by atoms with Gasteiger partial charge in [0.05, 0.1) is 11.3 Å². The zero-order valence-electron chi connectivity index (χ0n) is 17.2. The zero-order chi connectivity index (χ0) is 21.1. The lowest BCUT2D eigenvalue weighted by Gasteiger charge is -2.34. The molecular formula is C24H27ClN4O. The fourth-order valence-corrected chi connectivity index (χ4v) is 4.07. The van der Waals surface area contributed by atoms with Gasteiger partial charge < -0.3 is 15.0 Å². The average molecular weight is 423 g/mol. The molecule has 1 fully saturated rings. The minimum Gasteiger partial charge on any atom is -0.369 e. The molecule has 6 heteroatoms. The van der Waals surface area contributed by atoms with Crippen molar-refractivity contribution < 1.29 is 5.11 Å². The Morgan fingerprint density at radius 1 is 1.13 bits per heavy atom. The van der Waals surface area contributed by atoms with Gasteiger partial charge in [-0.3, -0.25) is 9.80 Å². The van der Waals surface area contributed by atoms with Crippen molar-refractivity contribution in [1.29, 1.82) is 0 Å². The number of aromatic nitrogens is 1. The van der Waals surface area contributed by atoms with Crippen molar-refractivity contribution in [2.75, 3.05) is 31.5 Å². The molecule has 156 valence electrons. The number of aliphatic hydroxyl groups excluding tert-OH is 1. The maximum atomic E-state index is 10.3. The second-order valence-corrected chi connectivity index (χ2v) is 8.18. The molecule has 0 spiro atoms. The van der Waals surface area contributed by atoms with Gasteiger partial charge in [-0.2, -0.15) is 0 Å². The van der Waals surface area contributed by atoms with Crippen LogP contribution in [0, 0.1) is 0 Å². The number of allylic oxidation sites excluding steroid dienone is 1. The van der Waals surface area contributed by atoms with Gasteiger partial charge in [-0.15, -0.1) is 0 Å². The molecule has 0 unspecified atom stereocenters. The number of nitrogens with one attached hydrogen (secondary N) is 1. The number of nitrogens with zero attached hydrogens (tertiary/aromatic N) is 3. The predicted molar refractivity (Wildman–Crippen MR) is 122 cm³/mol. The van der Waals surface area contributed by atoms with Crippen molar-refractivity contribution in [3.8, 4) is 0 Å². The Labute approximate surface area is 182 Å². The van der Waals surface area contributed by atoms with E-state index in [9.17, 15) is 5.11 Å². The first kappa shape index (κ1) is 20.8. The Kier molecular flexibility index (Phi) is 6.31. The van der Waals surface area contributed by atoms with Crippen LogP contribution in [0.3, 0.4) is 0 Å². The number of hydrogen-bond acceptors (Lipinski definition) is 4. The molecule has 3 heterocycles. The van der Waals surface area contributed by atoms with Crippen LogP contribution in [0.25, 0.3) is 5.70 Å². The maximum absolute atomic E-state index is 10.3. The summed E-state index contributed by atoms with van der Waals surface area (Å²) in [6.07, 6.45) is 3.03. The van der Waals surface area contributed by atoms with Crippen LogP contribution in [0.4, 0.5) is 5.82 Å². The fourth-order valence-electron chi connectivity index (χ4n) is 3.94. The lowest BCUT2D eigenvalue weighted by molar-refractivity contribution is 0.122. The van der Waals surface area contributed by atoms with Crippen LogP contribution in [0.15, 0.2) is 66.2 Å². The summed E-state index contributed by atoms with van der Waals surface area (Å²) in [5.74, 6) is 0.856. The van der Waals surface area contributed by atoms with Gasteiger partial charge in [0, 0.05) is 50.5 Å². The summed E-state index contributed by atoms with van der Waals surface area (Å²) in [4.78, 5) is 4.95. The summed E-state index contributed by atoms with van der Waals surface area (Å²) in [6.45, 7) is 12.0. The van der Waals surface area contributed by atoms with Crippen LogP contribution in [0.2, 0.25) is 5.02 Å². The lowest BCUT2D eigenvalue weighted by atomic mass is 10.1. The summed E-state index contributed by atoms with van der Waals surface area (Å²) in [6, 6.07) is 10.2. The lowest BCUT2D eigenvalue weighted by Crippen LogP contribution is -2.45. The highest BCUT2D eigenvalue weighted by Crippen LogP contribution is 2.31. The molecule has 5 nitrogen and oxygen atoms in total. The molecule has 2 N–H and O–H groups in total. The van der Waals surface area contributed by atoms with Crippen LogP contribution < -0.4 is 5.32 Å². The van der Waals surface area contributed by atoms with Gasteiger partial charge in [-0.1, -0.05) is 41.8 Å². The van der Waals surface area contributed by atoms with Crippen molar-refractivity contribution >= 4 is 23.1 Å². The third-order valence-corrected chi connectivity index (χ3v) is 5.83. The number of halogens is 1. The van der Waals surface area contributed by atoms with Crippen molar-refractivity contribution in [2.45, 2.75) is 26.2 Å². The van der Waals surface area contributed by atoms with Gasteiger partial charge in [0.15, 0.2) is 6.23 Å². The Balaban J connectivity index is 1.37. The topological polar surface area (TPSA) is 43.7 Å². The van der Waals surface area contributed by atoms with E-state index < -0.39 is 6.23 Å². The Hall–Kier alpha value is -2.49. The molecule has 0 bridgehead atoms. The van der Waals surface area contributed by atoms with Gasteiger partial charge in [-0.25, -0.2) is 0 Å². The van der Waals surface area contributed by atoms with Crippen LogP contribution in [-0.2, 0) is 13.1 Å². The van der Waals surface area contributed by atoms with Gasteiger partial charge in [0.25, 0.3) is 0 Å². The third-order valence-electron chi connectivity index (χ3n) is 5.58. The SMILES string of the molecule is C=C1C(=C=C=CC)[C@H](O)Nc2cc(CN3CCN(Cc4ccc(Cl)cc4)CC3)cn21. The molecule has 2 aliphatic heterocycles. The largest absolute Gasteiger partial charge is 0.369 e. The van der Waals surface area contributed by atoms with E-state index in [4.69, 9.17) is 11.6 Å². The molecule has 1 aromatic carbocycles. The second kappa shape index (κ2) is 9.11. The van der Waals surface area contributed by atoms with Crippen LogP contribution >= 0.6 is 11.6 Å². The van der Waals surface area contributed by atoms with E-state index in [2.05, 4.69) is 57.6 Å². The molecule has 0 saturated carbocycles. The van der Waals surface area contributed by atoms with Gasteiger partial charge in [-0.05, 0) is 42.3 Å². The van der Waals surface area contributed by atoms with E-state index in [0.29, 0.717) is 5.57 Å². The highest BCUT2D eigenvalue weighted by molar-refractivity contribution is 6.30. The monoisotopic (exact) mass is 422 g/mol. The summed E-state index contributed by atoms with van der Waals surface area (Å²) < 4.78 is 1.98. The van der Waals surface area contributed by atoms with E-state index >= 15 is 0 Å². The minimum atomic E-state index is -0.823. The summed E-state index contributed by atoms with van der Waals surface area (Å²) >= 11 is 5.98. The maximum Gasteiger partial charge on any atom is 0.161 e. The van der Waals surface area contributed by atoms with E-state index in [1.807, 2.05) is 23.6 Å². The Morgan fingerprint density at radius 3 is 2.40 bits per heavy atom. The molecular weight excluding hydrogens is 396 g/mol. The number of aliphatic hydroxyl groups is 1.